The summed E-state index contributed by atoms with van der Waals surface area (Å²) in [6.45, 7) is 5.16. The maximum atomic E-state index is 12.7. The third-order valence-corrected chi connectivity index (χ3v) is 4.32. The Hall–Kier alpha value is -4.28. The van der Waals surface area contributed by atoms with E-state index < -0.39 is 29.6 Å². The van der Waals surface area contributed by atoms with Gasteiger partial charge in [0, 0.05) is 0 Å². The number of methoxy groups -OCH3 is 1. The Morgan fingerprint density at radius 3 is 2.50 bits per heavy atom. The third-order valence-electron chi connectivity index (χ3n) is 4.32. The number of carbonyl (C=O) groups is 3. The van der Waals surface area contributed by atoms with Gasteiger partial charge in [0.05, 0.1) is 18.7 Å². The molecular weight excluding hydrogens is 392 g/mol. The zero-order valence-corrected chi connectivity index (χ0v) is 16.1. The van der Waals surface area contributed by atoms with Crippen molar-refractivity contribution in [3.05, 3.63) is 65.1 Å². The first-order valence-corrected chi connectivity index (χ1v) is 8.66. The highest BCUT2D eigenvalue weighted by Crippen LogP contribution is 2.18. The number of nitrogens with two attached hydrogens (primary N) is 1. The molecule has 11 heteroatoms. The van der Waals surface area contributed by atoms with Crippen LogP contribution in [0.1, 0.15) is 55.6 Å². The number of hydrogen-bond donors (Lipinski definition) is 3. The summed E-state index contributed by atoms with van der Waals surface area (Å²) in [4.78, 5) is 39.9. The molecule has 2 heterocycles. The van der Waals surface area contributed by atoms with Gasteiger partial charge in [-0.2, -0.15) is 4.52 Å². The van der Waals surface area contributed by atoms with E-state index in [2.05, 4.69) is 31.9 Å². The van der Waals surface area contributed by atoms with Gasteiger partial charge in [0.2, 0.25) is 0 Å². The van der Waals surface area contributed by atoms with Crippen LogP contribution in [0.5, 0.6) is 0 Å². The Labute approximate surface area is 170 Å². The number of ether oxygens (including phenoxy) is 1. The normalized spacial score (nSPS) is 11.7. The van der Waals surface area contributed by atoms with Gasteiger partial charge in [-0.15, -0.1) is 5.10 Å². The van der Waals surface area contributed by atoms with E-state index in [-0.39, 0.29) is 22.7 Å². The molecular formula is C19H18N6O5. The lowest BCUT2D eigenvalue weighted by molar-refractivity contribution is 0.0600. The fraction of sp³-hybridized carbons (Fsp3) is 0.158. The zero-order chi connectivity index (χ0) is 22.0. The second-order valence-corrected chi connectivity index (χ2v) is 6.32. The number of aliphatic hydroxyl groups excluding tert-OH is 1. The fourth-order valence-electron chi connectivity index (χ4n) is 2.74. The first-order chi connectivity index (χ1) is 14.2. The van der Waals surface area contributed by atoms with Crippen LogP contribution in [-0.2, 0) is 4.74 Å². The number of amides is 2. The topological polar surface area (TPSA) is 162 Å². The van der Waals surface area contributed by atoms with Gasteiger partial charge in [0.15, 0.2) is 11.3 Å². The van der Waals surface area contributed by atoms with E-state index in [0.717, 1.165) is 10.1 Å². The van der Waals surface area contributed by atoms with Crippen LogP contribution in [0, 0.1) is 0 Å². The molecule has 3 aromatic rings. The fourth-order valence-corrected chi connectivity index (χ4v) is 2.74. The maximum absolute atomic E-state index is 12.7. The summed E-state index contributed by atoms with van der Waals surface area (Å²) in [5, 5.41) is 19.9. The molecule has 0 radical (unpaired) electrons. The van der Waals surface area contributed by atoms with Gasteiger partial charge in [-0.1, -0.05) is 23.9 Å². The summed E-state index contributed by atoms with van der Waals surface area (Å²) >= 11 is 0. The smallest absolute Gasteiger partial charge is 0.337 e. The number of esters is 1. The molecule has 4 N–H and O–H groups in total. The van der Waals surface area contributed by atoms with E-state index in [1.807, 2.05) is 0 Å². The van der Waals surface area contributed by atoms with E-state index in [1.165, 1.54) is 13.2 Å². The summed E-state index contributed by atoms with van der Waals surface area (Å²) in [5.74, 6) is -2.33. The Bertz CT molecular complexity index is 1170. The van der Waals surface area contributed by atoms with Gasteiger partial charge in [-0.25, -0.2) is 9.78 Å². The zero-order valence-electron chi connectivity index (χ0n) is 16.1. The van der Waals surface area contributed by atoms with Gasteiger partial charge in [0.25, 0.3) is 11.8 Å². The number of primary amides is 1. The number of carbonyl (C=O) groups excluding carboxylic acids is 3. The molecule has 0 bridgehead atoms. The van der Waals surface area contributed by atoms with Crippen molar-refractivity contribution in [2.45, 2.75) is 13.0 Å². The van der Waals surface area contributed by atoms with Crippen molar-refractivity contribution in [3.8, 4) is 0 Å². The predicted octanol–water partition coefficient (Wildman–Crippen LogP) is 1.03. The van der Waals surface area contributed by atoms with E-state index in [0.29, 0.717) is 5.56 Å². The largest absolute Gasteiger partial charge is 0.506 e. The molecule has 11 nitrogen and oxygen atoms in total. The van der Waals surface area contributed by atoms with Gasteiger partial charge in [-0.05, 0) is 30.7 Å². The first-order valence-electron chi connectivity index (χ1n) is 8.66. The highest BCUT2D eigenvalue weighted by atomic mass is 16.5. The number of rotatable bonds is 6. The van der Waals surface area contributed by atoms with Crippen molar-refractivity contribution >= 4 is 29.2 Å². The van der Waals surface area contributed by atoms with Crippen molar-refractivity contribution < 1.29 is 24.2 Å². The van der Waals surface area contributed by atoms with E-state index in [1.54, 1.807) is 31.2 Å². The quantitative estimate of drug-likeness (QED) is 0.401. The minimum atomic E-state index is -0.886. The van der Waals surface area contributed by atoms with Crippen LogP contribution in [0.4, 0.5) is 0 Å². The summed E-state index contributed by atoms with van der Waals surface area (Å²) in [6.07, 6.45) is 0. The minimum absolute atomic E-state index is 0.0280. The number of aromatic nitrogens is 4. The van der Waals surface area contributed by atoms with Gasteiger partial charge in [0.1, 0.15) is 17.1 Å². The lowest BCUT2D eigenvalue weighted by Gasteiger charge is -2.15. The van der Waals surface area contributed by atoms with Crippen molar-refractivity contribution in [2.75, 3.05) is 7.11 Å². The van der Waals surface area contributed by atoms with Crippen LogP contribution >= 0.6 is 0 Å². The average molecular weight is 410 g/mol. The Kier molecular flexibility index (Phi) is 5.45. The molecule has 30 heavy (non-hydrogen) atoms. The molecule has 3 rings (SSSR count). The third kappa shape index (κ3) is 3.81. The monoisotopic (exact) mass is 410 g/mol. The number of aliphatic hydroxyl groups is 1. The van der Waals surface area contributed by atoms with Crippen molar-refractivity contribution in [3.63, 3.8) is 0 Å². The van der Waals surface area contributed by atoms with Crippen molar-refractivity contribution in [1.29, 1.82) is 0 Å². The first kappa shape index (κ1) is 20.5. The minimum Gasteiger partial charge on any atom is -0.506 e. The highest BCUT2D eigenvalue weighted by Gasteiger charge is 2.21. The van der Waals surface area contributed by atoms with Gasteiger partial charge < -0.3 is 20.9 Å². The number of hydrogen-bond acceptors (Lipinski definition) is 8. The van der Waals surface area contributed by atoms with Gasteiger partial charge >= 0.3 is 5.97 Å². The van der Waals surface area contributed by atoms with E-state index in [4.69, 9.17) is 5.73 Å². The summed E-state index contributed by atoms with van der Waals surface area (Å²) in [7, 11) is 1.29. The van der Waals surface area contributed by atoms with E-state index >= 15 is 0 Å². The molecule has 0 aliphatic heterocycles. The predicted molar refractivity (Wildman–Crippen MR) is 105 cm³/mol. The van der Waals surface area contributed by atoms with Crippen LogP contribution < -0.4 is 11.1 Å². The SMILES string of the molecule is C=C(O)c1cc(C(=O)N[C@H](C)c2ccc(C(=O)OC)cc2)nc2c(C(N)=O)nnn12. The summed E-state index contributed by atoms with van der Waals surface area (Å²) in [5.41, 5.74) is 5.96. The molecule has 0 saturated heterocycles. The van der Waals surface area contributed by atoms with Crippen LogP contribution in [0.2, 0.25) is 0 Å². The Morgan fingerprint density at radius 1 is 1.27 bits per heavy atom. The van der Waals surface area contributed by atoms with E-state index in [9.17, 15) is 19.5 Å². The molecule has 0 aliphatic carbocycles. The average Bonchev–Trinajstić information content (AvgIpc) is 3.16. The molecule has 0 aliphatic rings. The molecule has 2 aromatic heterocycles. The molecule has 154 valence electrons. The highest BCUT2D eigenvalue weighted by molar-refractivity contribution is 5.98. The molecule has 1 aromatic carbocycles. The molecule has 0 spiro atoms. The van der Waals surface area contributed by atoms with Crippen LogP contribution in [0.25, 0.3) is 11.4 Å². The number of fused-ring (bicyclic) bond motifs is 1. The lowest BCUT2D eigenvalue weighted by atomic mass is 10.1. The van der Waals surface area contributed by atoms with Crippen molar-refractivity contribution in [1.82, 2.24) is 25.1 Å². The molecule has 0 unspecified atom stereocenters. The van der Waals surface area contributed by atoms with Gasteiger partial charge in [-0.3, -0.25) is 9.59 Å². The summed E-state index contributed by atoms with van der Waals surface area (Å²) in [6, 6.07) is 7.35. The second kappa shape index (κ2) is 7.99. The lowest BCUT2D eigenvalue weighted by Crippen LogP contribution is -2.28. The number of benzene rings is 1. The van der Waals surface area contributed by atoms with Crippen LogP contribution in [0.15, 0.2) is 36.9 Å². The Morgan fingerprint density at radius 2 is 1.93 bits per heavy atom. The van der Waals surface area contributed by atoms with Crippen molar-refractivity contribution in [2.24, 2.45) is 5.73 Å². The summed E-state index contributed by atoms with van der Waals surface area (Å²) < 4.78 is 5.72. The standard InChI is InChI=1S/C19H18N6O5/c1-9(11-4-6-12(7-5-11)19(29)30-3)21-18(28)13-8-14(10(2)26)25-17(22-13)15(16(20)27)23-24-25/h4-9,26H,2H2,1,3H3,(H2,20,27)(H,21,28)/t9-/m1/s1. The molecule has 0 saturated carbocycles. The molecule has 2 amide bonds. The number of nitrogens with zero attached hydrogens (tertiary/aromatic N) is 4. The Balaban J connectivity index is 1.90. The maximum Gasteiger partial charge on any atom is 0.337 e. The van der Waals surface area contributed by atoms with Crippen LogP contribution in [-0.4, -0.2) is 49.8 Å². The number of nitrogens with one attached hydrogen (secondary N) is 1. The van der Waals surface area contributed by atoms with Crippen LogP contribution in [0.3, 0.4) is 0 Å². The second-order valence-electron chi connectivity index (χ2n) is 6.32. The molecule has 1 atom stereocenters. The molecule has 0 fully saturated rings.